The number of anilines is 1. The standard InChI is InChI=1S/C17H18BrN5O3/c18-11-3-1-2-10(4-11)6-19-16-15-17(21-8-20-16)23(9-22-15)14-5-12(25)13(7-24)26-14/h1-4,8-9,12-14,24-25H,5-7H2,(H,19,20,21)/t12-,13+,14?/m0/s1. The zero-order valence-corrected chi connectivity index (χ0v) is 15.4. The summed E-state index contributed by atoms with van der Waals surface area (Å²) in [6.45, 7) is 0.377. The Bertz CT molecular complexity index is 918. The number of aliphatic hydroxyl groups is 2. The highest BCUT2D eigenvalue weighted by Crippen LogP contribution is 2.31. The number of hydrogen-bond acceptors (Lipinski definition) is 7. The molecule has 0 bridgehead atoms. The predicted molar refractivity (Wildman–Crippen MR) is 98.4 cm³/mol. The van der Waals surface area contributed by atoms with Gasteiger partial charge in [0.15, 0.2) is 17.0 Å². The summed E-state index contributed by atoms with van der Waals surface area (Å²) < 4.78 is 8.48. The monoisotopic (exact) mass is 419 g/mol. The van der Waals surface area contributed by atoms with Crippen LogP contribution in [-0.2, 0) is 11.3 Å². The van der Waals surface area contributed by atoms with E-state index in [-0.39, 0.29) is 6.61 Å². The average molecular weight is 420 g/mol. The van der Waals surface area contributed by atoms with Crippen LogP contribution in [0.1, 0.15) is 18.2 Å². The van der Waals surface area contributed by atoms with Crippen LogP contribution in [0, 0.1) is 0 Å². The lowest BCUT2D eigenvalue weighted by Crippen LogP contribution is -2.24. The second-order valence-electron chi connectivity index (χ2n) is 6.14. The Balaban J connectivity index is 1.57. The van der Waals surface area contributed by atoms with Crippen molar-refractivity contribution in [2.75, 3.05) is 11.9 Å². The van der Waals surface area contributed by atoms with Crippen LogP contribution in [0.15, 0.2) is 41.4 Å². The van der Waals surface area contributed by atoms with Crippen LogP contribution in [-0.4, -0.2) is 48.5 Å². The Kier molecular flexibility index (Phi) is 4.86. The minimum absolute atomic E-state index is 0.223. The van der Waals surface area contributed by atoms with Gasteiger partial charge in [0.25, 0.3) is 0 Å². The van der Waals surface area contributed by atoms with Crippen LogP contribution in [0.3, 0.4) is 0 Å². The summed E-state index contributed by atoms with van der Waals surface area (Å²) in [6, 6.07) is 8.01. The number of nitrogens with zero attached hydrogens (tertiary/aromatic N) is 4. The van der Waals surface area contributed by atoms with Gasteiger partial charge in [-0.05, 0) is 17.7 Å². The lowest BCUT2D eigenvalue weighted by atomic mass is 10.2. The number of hydrogen-bond donors (Lipinski definition) is 3. The molecule has 1 unspecified atom stereocenters. The second-order valence-corrected chi connectivity index (χ2v) is 7.06. The molecular weight excluding hydrogens is 402 g/mol. The molecule has 3 atom stereocenters. The minimum atomic E-state index is -0.710. The number of aromatic nitrogens is 4. The van der Waals surface area contributed by atoms with Crippen molar-refractivity contribution in [2.24, 2.45) is 0 Å². The van der Waals surface area contributed by atoms with Gasteiger partial charge >= 0.3 is 0 Å². The van der Waals surface area contributed by atoms with Gasteiger partial charge in [0.1, 0.15) is 18.7 Å². The number of aliphatic hydroxyl groups excluding tert-OH is 2. The molecule has 0 amide bonds. The number of benzene rings is 1. The molecule has 136 valence electrons. The van der Waals surface area contributed by atoms with Crippen LogP contribution in [0.5, 0.6) is 0 Å². The molecule has 1 aliphatic heterocycles. The molecule has 0 radical (unpaired) electrons. The summed E-state index contributed by atoms with van der Waals surface area (Å²) in [5.41, 5.74) is 2.36. The lowest BCUT2D eigenvalue weighted by Gasteiger charge is -2.13. The van der Waals surface area contributed by atoms with E-state index in [1.807, 2.05) is 24.3 Å². The van der Waals surface area contributed by atoms with E-state index in [0.717, 1.165) is 10.0 Å². The fourth-order valence-electron chi connectivity index (χ4n) is 3.07. The molecule has 0 saturated carbocycles. The van der Waals surface area contributed by atoms with E-state index < -0.39 is 18.4 Å². The van der Waals surface area contributed by atoms with Crippen molar-refractivity contribution in [3.05, 3.63) is 47.0 Å². The first kappa shape index (κ1) is 17.3. The highest BCUT2D eigenvalue weighted by Gasteiger charge is 2.35. The van der Waals surface area contributed by atoms with Crippen LogP contribution < -0.4 is 5.32 Å². The predicted octanol–water partition coefficient (Wildman–Crippen LogP) is 1.84. The topological polar surface area (TPSA) is 105 Å². The van der Waals surface area contributed by atoms with Crippen molar-refractivity contribution in [1.82, 2.24) is 19.5 Å². The molecule has 26 heavy (non-hydrogen) atoms. The molecule has 1 fully saturated rings. The maximum absolute atomic E-state index is 9.95. The summed E-state index contributed by atoms with van der Waals surface area (Å²) in [5.74, 6) is 0.631. The van der Waals surface area contributed by atoms with Gasteiger partial charge in [0, 0.05) is 17.4 Å². The minimum Gasteiger partial charge on any atom is -0.394 e. The van der Waals surface area contributed by atoms with E-state index >= 15 is 0 Å². The molecule has 9 heteroatoms. The van der Waals surface area contributed by atoms with Crippen LogP contribution in [0.25, 0.3) is 11.2 Å². The smallest absolute Gasteiger partial charge is 0.167 e. The van der Waals surface area contributed by atoms with Gasteiger partial charge in [0.05, 0.1) is 19.0 Å². The Morgan fingerprint density at radius 3 is 2.96 bits per heavy atom. The SMILES string of the molecule is OC[C@H]1OC(n2cnc3c(NCc4cccc(Br)c4)ncnc32)C[C@@H]1O. The molecule has 0 spiro atoms. The summed E-state index contributed by atoms with van der Waals surface area (Å²) in [7, 11) is 0. The normalized spacial score (nSPS) is 22.8. The van der Waals surface area contributed by atoms with Gasteiger partial charge in [0.2, 0.25) is 0 Å². The molecule has 1 aromatic carbocycles. The fourth-order valence-corrected chi connectivity index (χ4v) is 3.52. The quantitative estimate of drug-likeness (QED) is 0.579. The van der Waals surface area contributed by atoms with E-state index in [9.17, 15) is 10.2 Å². The maximum Gasteiger partial charge on any atom is 0.167 e. The summed E-state index contributed by atoms with van der Waals surface area (Å²) >= 11 is 3.46. The highest BCUT2D eigenvalue weighted by atomic mass is 79.9. The maximum atomic E-state index is 9.95. The first-order valence-corrected chi connectivity index (χ1v) is 9.05. The van der Waals surface area contributed by atoms with E-state index in [1.54, 1.807) is 10.9 Å². The Hall–Kier alpha value is -2.07. The highest BCUT2D eigenvalue weighted by molar-refractivity contribution is 9.10. The van der Waals surface area contributed by atoms with E-state index in [0.29, 0.717) is 29.9 Å². The number of imidazole rings is 1. The van der Waals surface area contributed by atoms with Crippen LogP contribution in [0.2, 0.25) is 0 Å². The van der Waals surface area contributed by atoms with Gasteiger partial charge in [-0.3, -0.25) is 4.57 Å². The molecule has 2 aromatic heterocycles. The van der Waals surface area contributed by atoms with Crippen LogP contribution in [0.4, 0.5) is 5.82 Å². The first-order valence-electron chi connectivity index (χ1n) is 8.26. The Morgan fingerprint density at radius 2 is 2.19 bits per heavy atom. The van der Waals surface area contributed by atoms with Crippen molar-refractivity contribution in [3.8, 4) is 0 Å². The van der Waals surface area contributed by atoms with Gasteiger partial charge in [-0.1, -0.05) is 28.1 Å². The van der Waals surface area contributed by atoms with E-state index in [2.05, 4.69) is 36.2 Å². The number of halogens is 1. The zero-order chi connectivity index (χ0) is 18.1. The Morgan fingerprint density at radius 1 is 1.31 bits per heavy atom. The van der Waals surface area contributed by atoms with Gasteiger partial charge in [-0.25, -0.2) is 15.0 Å². The van der Waals surface area contributed by atoms with Crippen molar-refractivity contribution in [3.63, 3.8) is 0 Å². The van der Waals surface area contributed by atoms with Gasteiger partial charge in [-0.15, -0.1) is 0 Å². The summed E-state index contributed by atoms with van der Waals surface area (Å²) in [6.07, 6.45) is 1.76. The van der Waals surface area contributed by atoms with E-state index in [4.69, 9.17) is 4.74 Å². The summed E-state index contributed by atoms with van der Waals surface area (Å²) in [4.78, 5) is 13.0. The van der Waals surface area contributed by atoms with Crippen molar-refractivity contribution in [1.29, 1.82) is 0 Å². The molecule has 3 heterocycles. The van der Waals surface area contributed by atoms with Crippen molar-refractivity contribution >= 4 is 32.9 Å². The van der Waals surface area contributed by atoms with E-state index in [1.165, 1.54) is 6.33 Å². The second kappa shape index (κ2) is 7.28. The molecule has 3 N–H and O–H groups in total. The third-order valence-electron chi connectivity index (χ3n) is 4.40. The fraction of sp³-hybridized carbons (Fsp3) is 0.353. The number of ether oxygens (including phenoxy) is 1. The average Bonchev–Trinajstić information content (AvgIpc) is 3.23. The van der Waals surface area contributed by atoms with Gasteiger partial charge in [-0.2, -0.15) is 0 Å². The molecule has 1 aliphatic rings. The third kappa shape index (κ3) is 3.30. The summed E-state index contributed by atoms with van der Waals surface area (Å²) in [5, 5.41) is 22.5. The van der Waals surface area contributed by atoms with Gasteiger partial charge < -0.3 is 20.3 Å². The molecular formula is C17H18BrN5O3. The molecule has 3 aromatic rings. The van der Waals surface area contributed by atoms with Crippen molar-refractivity contribution in [2.45, 2.75) is 31.4 Å². The number of rotatable bonds is 5. The third-order valence-corrected chi connectivity index (χ3v) is 4.90. The zero-order valence-electron chi connectivity index (χ0n) is 13.8. The van der Waals surface area contributed by atoms with Crippen molar-refractivity contribution < 1.29 is 14.9 Å². The molecule has 8 nitrogen and oxygen atoms in total. The molecule has 1 saturated heterocycles. The largest absolute Gasteiger partial charge is 0.394 e. The number of nitrogens with one attached hydrogen (secondary N) is 1. The lowest BCUT2D eigenvalue weighted by molar-refractivity contribution is -0.0432. The number of fused-ring (bicyclic) bond motifs is 1. The Labute approximate surface area is 158 Å². The first-order chi connectivity index (χ1) is 12.7. The molecule has 4 rings (SSSR count). The molecule has 0 aliphatic carbocycles. The van der Waals surface area contributed by atoms with Crippen LogP contribution >= 0.6 is 15.9 Å².